The molecule has 0 radical (unpaired) electrons. The lowest BCUT2D eigenvalue weighted by atomic mass is 10.3. The Labute approximate surface area is 89.1 Å². The summed E-state index contributed by atoms with van der Waals surface area (Å²) in [7, 11) is 0. The van der Waals surface area contributed by atoms with Crippen molar-refractivity contribution in [2.45, 2.75) is 19.9 Å². The van der Waals surface area contributed by atoms with Crippen LogP contribution in [0.5, 0.6) is 0 Å². The third kappa shape index (κ3) is 2.91. The standard InChI is InChI=1S/C8H9IN2O2/c1-6(12)2-3-11-5-10-4-7(9)8(11)13/h4-5H,2-3H2,1H3. The normalized spacial score (nSPS) is 10.0. The molecule has 0 spiro atoms. The van der Waals surface area contributed by atoms with Crippen molar-refractivity contribution < 1.29 is 4.79 Å². The van der Waals surface area contributed by atoms with Crippen LogP contribution in [0.25, 0.3) is 0 Å². The molecule has 4 nitrogen and oxygen atoms in total. The van der Waals surface area contributed by atoms with Gasteiger partial charge in [0.15, 0.2) is 0 Å². The molecule has 0 fully saturated rings. The van der Waals surface area contributed by atoms with Crippen molar-refractivity contribution in [3.05, 3.63) is 26.4 Å². The molecule has 0 aliphatic carbocycles. The number of Topliss-reactive ketones (excluding diaryl/α,β-unsaturated/α-hetero) is 1. The van der Waals surface area contributed by atoms with Crippen molar-refractivity contribution in [2.24, 2.45) is 0 Å². The van der Waals surface area contributed by atoms with E-state index < -0.39 is 0 Å². The number of aryl methyl sites for hydroxylation is 1. The molecule has 0 bridgehead atoms. The number of nitrogens with zero attached hydrogens (tertiary/aromatic N) is 2. The van der Waals surface area contributed by atoms with Gasteiger partial charge in [-0.25, -0.2) is 4.98 Å². The van der Waals surface area contributed by atoms with Gasteiger partial charge in [0.25, 0.3) is 5.56 Å². The van der Waals surface area contributed by atoms with Gasteiger partial charge in [-0.3, -0.25) is 14.2 Å². The van der Waals surface area contributed by atoms with E-state index in [2.05, 4.69) is 4.98 Å². The quantitative estimate of drug-likeness (QED) is 0.775. The molecule has 0 aliphatic rings. The van der Waals surface area contributed by atoms with E-state index in [1.807, 2.05) is 22.6 Å². The number of carbonyl (C=O) groups excluding carboxylic acids is 1. The second-order valence-corrected chi connectivity index (χ2v) is 3.85. The predicted octanol–water partition coefficient (Wildman–Crippen LogP) is 0.827. The molecule has 1 heterocycles. The molecular formula is C8H9IN2O2. The molecule has 0 atom stereocenters. The van der Waals surface area contributed by atoms with Gasteiger partial charge in [0.05, 0.1) is 9.90 Å². The highest BCUT2D eigenvalue weighted by Gasteiger charge is 2.01. The highest BCUT2D eigenvalue weighted by atomic mass is 127. The Morgan fingerprint density at radius 2 is 2.38 bits per heavy atom. The first-order valence-electron chi connectivity index (χ1n) is 3.80. The van der Waals surface area contributed by atoms with E-state index in [0.717, 1.165) is 0 Å². The lowest BCUT2D eigenvalue weighted by Gasteiger charge is -2.02. The minimum atomic E-state index is -0.0862. The van der Waals surface area contributed by atoms with Crippen LogP contribution in [0.4, 0.5) is 0 Å². The number of hydrogen-bond donors (Lipinski definition) is 0. The SMILES string of the molecule is CC(=O)CCn1cncc(I)c1=O. The Kier molecular flexibility index (Phi) is 3.58. The number of hydrogen-bond acceptors (Lipinski definition) is 3. The number of aromatic nitrogens is 2. The van der Waals surface area contributed by atoms with E-state index in [0.29, 0.717) is 16.5 Å². The maximum Gasteiger partial charge on any atom is 0.266 e. The third-order valence-corrected chi connectivity index (χ3v) is 2.30. The Balaban J connectivity index is 2.84. The average molecular weight is 292 g/mol. The Morgan fingerprint density at radius 1 is 1.69 bits per heavy atom. The molecule has 0 amide bonds. The molecule has 0 saturated heterocycles. The van der Waals surface area contributed by atoms with Crippen LogP contribution < -0.4 is 5.56 Å². The molecule has 0 unspecified atom stereocenters. The lowest BCUT2D eigenvalue weighted by Crippen LogP contribution is -2.23. The Hall–Kier alpha value is -0.720. The van der Waals surface area contributed by atoms with Gasteiger partial charge >= 0.3 is 0 Å². The lowest BCUT2D eigenvalue weighted by molar-refractivity contribution is -0.117. The first kappa shape index (κ1) is 10.4. The fourth-order valence-corrected chi connectivity index (χ4v) is 1.33. The van der Waals surface area contributed by atoms with E-state index in [-0.39, 0.29) is 11.3 Å². The van der Waals surface area contributed by atoms with Crippen molar-refractivity contribution >= 4 is 28.4 Å². The molecule has 0 aromatic carbocycles. The zero-order valence-corrected chi connectivity index (χ0v) is 9.32. The minimum absolute atomic E-state index is 0.0748. The molecule has 13 heavy (non-hydrogen) atoms. The second-order valence-electron chi connectivity index (χ2n) is 2.69. The van der Waals surface area contributed by atoms with E-state index in [1.54, 1.807) is 0 Å². The molecule has 1 aromatic heterocycles. The van der Waals surface area contributed by atoms with Crippen LogP contribution in [0.15, 0.2) is 17.3 Å². The number of halogens is 1. The predicted molar refractivity (Wildman–Crippen MR) is 56.5 cm³/mol. The van der Waals surface area contributed by atoms with Crippen LogP contribution in [-0.4, -0.2) is 15.3 Å². The molecule has 0 aliphatic heterocycles. The summed E-state index contributed by atoms with van der Waals surface area (Å²) < 4.78 is 2.02. The molecule has 1 aromatic rings. The summed E-state index contributed by atoms with van der Waals surface area (Å²) >= 11 is 1.93. The zero-order chi connectivity index (χ0) is 9.84. The van der Waals surface area contributed by atoms with Gasteiger partial charge in [-0.2, -0.15) is 0 Å². The topological polar surface area (TPSA) is 52.0 Å². The van der Waals surface area contributed by atoms with Crippen molar-refractivity contribution in [2.75, 3.05) is 0 Å². The van der Waals surface area contributed by atoms with Gasteiger partial charge in [-0.15, -0.1) is 0 Å². The van der Waals surface area contributed by atoms with E-state index >= 15 is 0 Å². The zero-order valence-electron chi connectivity index (χ0n) is 7.16. The summed E-state index contributed by atoms with van der Waals surface area (Å²) in [6.45, 7) is 1.92. The van der Waals surface area contributed by atoms with Crippen LogP contribution >= 0.6 is 22.6 Å². The van der Waals surface area contributed by atoms with Crippen LogP contribution in [0.3, 0.4) is 0 Å². The number of ketones is 1. The summed E-state index contributed by atoms with van der Waals surface area (Å²) in [4.78, 5) is 25.9. The molecular weight excluding hydrogens is 283 g/mol. The van der Waals surface area contributed by atoms with Gasteiger partial charge in [0.1, 0.15) is 5.78 Å². The largest absolute Gasteiger partial charge is 0.300 e. The van der Waals surface area contributed by atoms with E-state index in [4.69, 9.17) is 0 Å². The molecule has 0 saturated carbocycles. The van der Waals surface area contributed by atoms with Crippen molar-refractivity contribution in [1.82, 2.24) is 9.55 Å². The third-order valence-electron chi connectivity index (χ3n) is 1.56. The monoisotopic (exact) mass is 292 g/mol. The first-order valence-corrected chi connectivity index (χ1v) is 4.88. The Bertz CT molecular complexity index is 373. The fraction of sp³-hybridized carbons (Fsp3) is 0.375. The van der Waals surface area contributed by atoms with Crippen LogP contribution in [0, 0.1) is 3.57 Å². The van der Waals surface area contributed by atoms with Crippen molar-refractivity contribution in [1.29, 1.82) is 0 Å². The number of rotatable bonds is 3. The smallest absolute Gasteiger partial charge is 0.266 e. The average Bonchev–Trinajstić information content (AvgIpc) is 2.07. The van der Waals surface area contributed by atoms with Gasteiger partial charge in [-0.05, 0) is 29.5 Å². The summed E-state index contributed by atoms with van der Waals surface area (Å²) in [5.41, 5.74) is -0.0862. The highest BCUT2D eigenvalue weighted by Crippen LogP contribution is 1.94. The van der Waals surface area contributed by atoms with Crippen LogP contribution in [0.1, 0.15) is 13.3 Å². The molecule has 5 heteroatoms. The van der Waals surface area contributed by atoms with E-state index in [9.17, 15) is 9.59 Å². The van der Waals surface area contributed by atoms with Crippen molar-refractivity contribution in [3.63, 3.8) is 0 Å². The first-order chi connectivity index (χ1) is 6.11. The van der Waals surface area contributed by atoms with Crippen LogP contribution in [0.2, 0.25) is 0 Å². The second kappa shape index (κ2) is 4.50. The minimum Gasteiger partial charge on any atom is -0.300 e. The van der Waals surface area contributed by atoms with E-state index in [1.165, 1.54) is 24.0 Å². The summed E-state index contributed by atoms with van der Waals surface area (Å²) in [6, 6.07) is 0. The maximum absolute atomic E-state index is 11.4. The summed E-state index contributed by atoms with van der Waals surface area (Å²) in [6.07, 6.45) is 3.34. The highest BCUT2D eigenvalue weighted by molar-refractivity contribution is 14.1. The fourth-order valence-electron chi connectivity index (χ4n) is 0.861. The van der Waals surface area contributed by atoms with Gasteiger partial charge in [0, 0.05) is 19.2 Å². The van der Waals surface area contributed by atoms with Gasteiger partial charge in [-0.1, -0.05) is 0 Å². The van der Waals surface area contributed by atoms with Crippen molar-refractivity contribution in [3.8, 4) is 0 Å². The molecule has 0 N–H and O–H groups in total. The van der Waals surface area contributed by atoms with Gasteiger partial charge < -0.3 is 0 Å². The Morgan fingerprint density at radius 3 is 3.00 bits per heavy atom. The summed E-state index contributed by atoms with van der Waals surface area (Å²) in [5.74, 6) is 0.0748. The molecule has 70 valence electrons. The summed E-state index contributed by atoms with van der Waals surface area (Å²) in [5, 5.41) is 0. The molecule has 1 rings (SSSR count). The number of carbonyl (C=O) groups is 1. The maximum atomic E-state index is 11.4. The van der Waals surface area contributed by atoms with Gasteiger partial charge in [0.2, 0.25) is 0 Å². The van der Waals surface area contributed by atoms with Crippen LogP contribution in [-0.2, 0) is 11.3 Å².